The first-order valence-corrected chi connectivity index (χ1v) is 24.9. The Morgan fingerprint density at radius 3 is 0.369 bits per heavy atom. The molecule has 1 saturated heterocycles. The van der Waals surface area contributed by atoms with E-state index in [0.29, 0.717) is 0 Å². The fraction of sp³-hybridized carbons (Fsp3) is 0.0333. The van der Waals surface area contributed by atoms with E-state index in [4.69, 9.17) is 8.37 Å². The Bertz CT molecular complexity index is 6620. The summed E-state index contributed by atoms with van der Waals surface area (Å²) in [7, 11) is -4.50. The molecule has 4 nitrogen and oxygen atoms in total. The van der Waals surface area contributed by atoms with Crippen molar-refractivity contribution in [2.75, 3.05) is 0 Å². The highest BCUT2D eigenvalue weighted by atomic mass is 32.3. The Hall–Kier alpha value is -7.67. The average Bonchev–Trinajstić information content (AvgIpc) is 4.12. The molecule has 33 rings (SSSR count). The highest BCUT2D eigenvalue weighted by molar-refractivity contribution is 7.82. The second-order valence-corrected chi connectivity index (χ2v) is 24.8. The molecule has 65 heavy (non-hydrogen) atoms. The molecule has 5 aliphatic rings. The van der Waals surface area contributed by atoms with E-state index < -0.39 is 21.6 Å². The van der Waals surface area contributed by atoms with Gasteiger partial charge in [0.15, 0.2) is 11.2 Å². The predicted molar refractivity (Wildman–Crippen MR) is 265 cm³/mol. The topological polar surface area (TPSA) is 52.6 Å². The quantitative estimate of drug-likeness (QED) is 0.143. The van der Waals surface area contributed by atoms with Crippen molar-refractivity contribution in [3.63, 3.8) is 0 Å². The van der Waals surface area contributed by atoms with E-state index in [2.05, 4.69) is 0 Å². The van der Waals surface area contributed by atoms with Gasteiger partial charge in [0.25, 0.3) is 0 Å². The molecule has 0 unspecified atom stereocenters. The summed E-state index contributed by atoms with van der Waals surface area (Å²) in [5.74, 6) is 0. The van der Waals surface area contributed by atoms with Crippen LogP contribution in [0.25, 0.3) is 291 Å². The minimum Gasteiger partial charge on any atom is -0.228 e. The molecule has 270 valence electrons. The molecule has 0 atom stereocenters. The van der Waals surface area contributed by atoms with Crippen LogP contribution >= 0.6 is 0 Å². The summed E-state index contributed by atoms with van der Waals surface area (Å²) in [5.41, 5.74) is 1.72. The van der Waals surface area contributed by atoms with Crippen LogP contribution in [0.15, 0.2) is 0 Å². The molecule has 0 bridgehead atoms. The van der Waals surface area contributed by atoms with Crippen molar-refractivity contribution in [2.45, 2.75) is 11.2 Å². The Labute approximate surface area is 349 Å². The van der Waals surface area contributed by atoms with Gasteiger partial charge in [-0.3, -0.25) is 0 Å². The van der Waals surface area contributed by atoms with Crippen molar-refractivity contribution >= 4 is 301 Å². The smallest absolute Gasteiger partial charge is 0.228 e. The second-order valence-electron chi connectivity index (χ2n) is 23.7. The molecular weight excluding hydrogens is 817 g/mol. The van der Waals surface area contributed by atoms with Gasteiger partial charge in [-0.25, -0.2) is 8.37 Å². The summed E-state index contributed by atoms with van der Waals surface area (Å²) in [6, 6.07) is 0. The summed E-state index contributed by atoms with van der Waals surface area (Å²) in [6.45, 7) is 0. The summed E-state index contributed by atoms with van der Waals surface area (Å²) in [5, 5.41) is 78.8. The third-order valence-corrected chi connectivity index (χ3v) is 24.5. The van der Waals surface area contributed by atoms with Crippen molar-refractivity contribution in [1.82, 2.24) is 0 Å². The van der Waals surface area contributed by atoms with Gasteiger partial charge < -0.3 is 0 Å². The highest BCUT2D eigenvalue weighted by Gasteiger charge is 2.78. The highest BCUT2D eigenvalue weighted by Crippen LogP contribution is 2.85. The van der Waals surface area contributed by atoms with Gasteiger partial charge >= 0.3 is 10.4 Å². The minimum atomic E-state index is -4.50. The molecule has 0 radical (unpaired) electrons. The summed E-state index contributed by atoms with van der Waals surface area (Å²) >= 11 is 0. The van der Waals surface area contributed by atoms with Crippen LogP contribution in [0.1, 0.15) is 22.3 Å². The van der Waals surface area contributed by atoms with Crippen LogP contribution in [0, 0.1) is 0 Å². The molecule has 28 aromatic carbocycles. The van der Waals surface area contributed by atoms with Crippen LogP contribution in [0.5, 0.6) is 0 Å². The fourth-order valence-corrected chi connectivity index (χ4v) is 24.9. The van der Waals surface area contributed by atoms with E-state index in [1.165, 1.54) is 237 Å². The van der Waals surface area contributed by atoms with Gasteiger partial charge in [-0.15, -0.1) is 0 Å². The summed E-state index contributed by atoms with van der Waals surface area (Å²) in [6.07, 6.45) is 0. The molecule has 0 amide bonds. The van der Waals surface area contributed by atoms with E-state index in [9.17, 15) is 0 Å². The van der Waals surface area contributed by atoms with Gasteiger partial charge in [-0.05, 0) is 291 Å². The molecule has 2 spiro atoms. The van der Waals surface area contributed by atoms with Crippen LogP contribution in [0.4, 0.5) is 0 Å². The lowest BCUT2D eigenvalue weighted by Crippen LogP contribution is -2.49. The van der Waals surface area contributed by atoms with Crippen molar-refractivity contribution in [3.8, 4) is 0 Å². The zero-order valence-electron chi connectivity index (χ0n) is 32.0. The molecule has 0 saturated carbocycles. The van der Waals surface area contributed by atoms with E-state index in [1.54, 1.807) is 53.9 Å². The van der Waals surface area contributed by atoms with Gasteiger partial charge in [-0.1, -0.05) is 0 Å². The van der Waals surface area contributed by atoms with Gasteiger partial charge in [0.1, 0.15) is 0 Å². The van der Waals surface area contributed by atoms with Crippen LogP contribution in [0.3, 0.4) is 0 Å². The number of hydrogen-bond acceptors (Lipinski definition) is 4. The minimum absolute atomic E-state index is 1.12. The lowest BCUT2D eigenvalue weighted by atomic mass is 9.61. The monoisotopic (exact) mass is 816 g/mol. The number of rotatable bonds is 0. The van der Waals surface area contributed by atoms with Gasteiger partial charge in [-0.2, -0.15) is 8.42 Å². The Kier molecular flexibility index (Phi) is 1.78. The maximum atomic E-state index is 15.3. The second kappa shape index (κ2) is 4.97. The third-order valence-electron chi connectivity index (χ3n) is 23.6. The van der Waals surface area contributed by atoms with Crippen LogP contribution < -0.4 is 0 Å². The van der Waals surface area contributed by atoms with Crippen molar-refractivity contribution in [2.24, 2.45) is 0 Å². The predicted octanol–water partition coefficient (Wildman–Crippen LogP) is 15.5. The Morgan fingerprint density at radius 2 is 0.262 bits per heavy atom. The van der Waals surface area contributed by atoms with Gasteiger partial charge in [0.05, 0.1) is 0 Å². The lowest BCUT2D eigenvalue weighted by molar-refractivity contribution is 0.0130. The van der Waals surface area contributed by atoms with E-state index in [1.807, 2.05) is 0 Å². The zero-order chi connectivity index (χ0) is 38.4. The first-order chi connectivity index (χ1) is 32.2. The molecule has 0 N–H and O–H groups in total. The van der Waals surface area contributed by atoms with E-state index >= 15 is 8.42 Å². The van der Waals surface area contributed by atoms with Crippen molar-refractivity contribution in [3.05, 3.63) is 22.3 Å². The van der Waals surface area contributed by atoms with Crippen molar-refractivity contribution < 1.29 is 16.8 Å². The normalized spacial score (nSPS) is 24.2. The Balaban J connectivity index is 1.28. The van der Waals surface area contributed by atoms with Gasteiger partial charge in [0.2, 0.25) is 0 Å². The fourth-order valence-electron chi connectivity index (χ4n) is 23.7. The van der Waals surface area contributed by atoms with E-state index in [-0.39, 0.29) is 0 Å². The van der Waals surface area contributed by atoms with Crippen molar-refractivity contribution in [1.29, 1.82) is 0 Å². The van der Waals surface area contributed by atoms with Crippen LogP contribution in [-0.2, 0) is 30.0 Å². The Morgan fingerprint density at radius 1 is 0.169 bits per heavy atom. The van der Waals surface area contributed by atoms with Crippen LogP contribution in [0.2, 0.25) is 0 Å². The van der Waals surface area contributed by atoms with Crippen LogP contribution in [-0.4, -0.2) is 8.42 Å². The largest absolute Gasteiger partial charge is 0.402 e. The molecule has 4 aliphatic carbocycles. The maximum absolute atomic E-state index is 15.3. The first kappa shape index (κ1) is 23.3. The SMILES string of the molecule is O=S1(=O)OC23c4c5c6c7c8c9c(c%10c%11c2c2c4c4c%12c5c5c6c6c8c8c%13c9c9c%10c%10c%11c%11c2c2c4c4c%12c%12c5c5c6c8c6c8c%13c9c9c%10c%10c%11c2c2c4c4c%12c5c6c5c8c9c%10c2c45)C73O1. The molecule has 1 heterocycles. The average molecular weight is 817 g/mol. The number of hydrogen-bond donors (Lipinski definition) is 0. The summed E-state index contributed by atoms with van der Waals surface area (Å²) in [4.78, 5) is 0. The maximum Gasteiger partial charge on any atom is 0.402 e. The summed E-state index contributed by atoms with van der Waals surface area (Å²) < 4.78 is 45.1. The van der Waals surface area contributed by atoms with E-state index in [0.717, 1.165) is 22.3 Å². The molecular formula is C60O4S. The lowest BCUT2D eigenvalue weighted by Gasteiger charge is -2.44. The standard InChI is InChI=1S/C60O4S/c61-65(62)63-59-55-47-39-29-19-11-3-1-2-5-9-7(3)15-23-17(9)27-21-13(5)14-6(2)10-8-4(1)12(11)20-26-16(8)24-18(10)28-22(14)32-31(21)41-35(27)45-37(23)43(33(39)25(15)19)51(55)53(45)57-49(41)50-42(32)36(28)46-38(24)44-34(26)40(30(20)29)48(47)56(59)52(44)54(46)58(50)60(57,59)64-65. The van der Waals surface area contributed by atoms with Gasteiger partial charge in [0, 0.05) is 22.3 Å². The third kappa shape index (κ3) is 1.17. The molecule has 1 fully saturated rings. The first-order valence-electron chi connectivity index (χ1n) is 23.6. The number of benzene rings is 18. The molecule has 5 heteroatoms. The zero-order valence-corrected chi connectivity index (χ0v) is 32.9. The molecule has 0 aromatic heterocycles. The molecule has 28 aromatic rings. The molecule has 1 aliphatic heterocycles.